The fourth-order valence-corrected chi connectivity index (χ4v) is 12.0. The van der Waals surface area contributed by atoms with E-state index in [2.05, 4.69) is 79.4 Å². The Morgan fingerprint density at radius 1 is 1.08 bits per heavy atom. The van der Waals surface area contributed by atoms with Gasteiger partial charge in [0.15, 0.2) is 6.10 Å². The largest absolute Gasteiger partial charge is 0.464 e. The molecule has 1 saturated heterocycles. The molecule has 4 fully saturated rings. The molecule has 1 aromatic heterocycles. The molecule has 2 aliphatic heterocycles. The second-order valence-corrected chi connectivity index (χ2v) is 24.4. The van der Waals surface area contributed by atoms with Gasteiger partial charge in [-0.25, -0.2) is 27.5 Å². The third-order valence-corrected chi connectivity index (χ3v) is 18.7. The molecule has 13 nitrogen and oxygen atoms in total. The van der Waals surface area contributed by atoms with Crippen molar-refractivity contribution in [3.8, 4) is 0 Å². The Morgan fingerprint density at radius 3 is 2.23 bits per heavy atom. The number of esters is 2. The molecule has 15 heteroatoms. The number of nitrogens with one attached hydrogen (secondary N) is 2. The van der Waals surface area contributed by atoms with Gasteiger partial charge in [-0.3, -0.25) is 0 Å². The molecule has 4 aliphatic carbocycles. The molecule has 3 heterocycles. The molecule has 8 rings (SSSR count). The highest BCUT2D eigenvalue weighted by atomic mass is 32.3. The van der Waals surface area contributed by atoms with Gasteiger partial charge in [-0.15, -0.1) is 10.3 Å². The average molecular weight is 879 g/mol. The van der Waals surface area contributed by atoms with E-state index in [9.17, 15) is 27.4 Å². The van der Waals surface area contributed by atoms with Gasteiger partial charge in [0.1, 0.15) is 23.5 Å². The zero-order valence-electron chi connectivity index (χ0n) is 36.8. The standard InChI is InChI=1S/C32H41NO6.C7H7NO4S.C6H16OS.3H2/c1-8-20-18(6)27(38-28(34)22-10-9-11-33-22)30-21-13-19-14-23(36-7)29(35)37-25(15(2)3)16(4)12-17(5)31(19)26(24(21)30)32(20,30)39-31;9-7(10)8-13(11,12)6-4-2-1-3-5-6;1-6(2,3)8(4,5)7;;;/h9-13,15-16,18-20,23-27,33H,8,14H2,1-7H3;1-5,8H,(H,9,10);7H,1-5H3;3*1H/b17-12+;;;;;/t16-,18-,19?,20-,23+,24?,25-,26-,27-,30-,31+,32?;;;;;/m1...../s1. The van der Waals surface area contributed by atoms with Crippen LogP contribution in [0.1, 0.15) is 89.9 Å². The minimum atomic E-state index is -3.91. The van der Waals surface area contributed by atoms with Gasteiger partial charge >= 0.3 is 18.0 Å². The van der Waals surface area contributed by atoms with E-state index in [4.69, 9.17) is 24.1 Å². The number of aromatic amines is 1. The number of sulfonamides is 1. The number of carbonyl (C=O) groups excluding carboxylic acids is 2. The average Bonchev–Trinajstić information content (AvgIpc) is 3.39. The van der Waals surface area contributed by atoms with Crippen molar-refractivity contribution in [1.82, 2.24) is 9.71 Å². The van der Waals surface area contributed by atoms with Crippen molar-refractivity contribution in [1.29, 1.82) is 0 Å². The Kier molecular flexibility index (Phi) is 12.2. The van der Waals surface area contributed by atoms with Gasteiger partial charge in [0.25, 0.3) is 10.0 Å². The first-order valence-corrected chi connectivity index (χ1v) is 24.7. The van der Waals surface area contributed by atoms with Crippen molar-refractivity contribution >= 4 is 38.4 Å². The second-order valence-electron chi connectivity index (χ2n) is 18.9. The Morgan fingerprint density at radius 2 is 1.72 bits per heavy atom. The lowest BCUT2D eigenvalue weighted by molar-refractivity contribution is -0.410. The van der Waals surface area contributed by atoms with Crippen molar-refractivity contribution in [3.63, 3.8) is 0 Å². The molecule has 3 saturated carbocycles. The number of hydrogen-bond donors (Lipinski definition) is 4. The summed E-state index contributed by atoms with van der Waals surface area (Å²) in [6, 6.07) is 10.9. The Bertz CT molecular complexity index is 2130. The van der Waals surface area contributed by atoms with Crippen molar-refractivity contribution in [2.45, 2.75) is 114 Å². The third-order valence-electron chi connectivity index (χ3n) is 14.3. The first kappa shape index (κ1) is 45.9. The molecule has 3 spiro atoms. The molecular weight excluding hydrogens is 809 g/mol. The summed E-state index contributed by atoms with van der Waals surface area (Å²) >= 11 is 0. The molecule has 3 unspecified atom stereocenters. The molecule has 1 amide bonds. The third kappa shape index (κ3) is 7.03. The number of amides is 1. The second kappa shape index (κ2) is 15.9. The van der Waals surface area contributed by atoms with Crippen LogP contribution >= 0.6 is 10.3 Å². The summed E-state index contributed by atoms with van der Waals surface area (Å²) in [6.07, 6.45) is 9.02. The van der Waals surface area contributed by atoms with Crippen molar-refractivity contribution in [2.75, 3.05) is 19.6 Å². The van der Waals surface area contributed by atoms with E-state index in [1.54, 1.807) is 25.4 Å². The van der Waals surface area contributed by atoms with Crippen LogP contribution in [0.5, 0.6) is 0 Å². The summed E-state index contributed by atoms with van der Waals surface area (Å²) in [4.78, 5) is 39.5. The van der Waals surface area contributed by atoms with E-state index in [1.807, 2.05) is 18.6 Å². The van der Waals surface area contributed by atoms with E-state index in [0.717, 1.165) is 6.42 Å². The lowest BCUT2D eigenvalue weighted by Gasteiger charge is -2.74. The molecule has 60 heavy (non-hydrogen) atoms. The minimum Gasteiger partial charge on any atom is -0.464 e. The number of hydrogen-bond acceptors (Lipinski definition) is 10. The monoisotopic (exact) mass is 878 g/mol. The fraction of sp³-hybridized carbons (Fsp3) is 0.622. The summed E-state index contributed by atoms with van der Waals surface area (Å²) in [5.41, 5.74) is 2.04. The summed E-state index contributed by atoms with van der Waals surface area (Å²) in [5, 5.41) is 8.22. The van der Waals surface area contributed by atoms with E-state index in [-0.39, 0.29) is 72.8 Å². The van der Waals surface area contributed by atoms with Crippen LogP contribution in [0.25, 0.3) is 0 Å². The number of H-pyrrole nitrogens is 1. The van der Waals surface area contributed by atoms with E-state index in [1.165, 1.54) is 40.1 Å². The van der Waals surface area contributed by atoms with Crippen LogP contribution in [0, 0.1) is 46.8 Å². The highest BCUT2D eigenvalue weighted by Gasteiger charge is 3.03. The van der Waals surface area contributed by atoms with Crippen LogP contribution in [0.2, 0.25) is 0 Å². The fourth-order valence-electron chi connectivity index (χ4n) is 11.1. The summed E-state index contributed by atoms with van der Waals surface area (Å²) < 4.78 is 58.8. The Labute approximate surface area is 361 Å². The van der Waals surface area contributed by atoms with Gasteiger partial charge < -0.3 is 33.6 Å². The number of cyclic esters (lactones) is 1. The Balaban J connectivity index is 0.000000368. The van der Waals surface area contributed by atoms with E-state index >= 15 is 0 Å². The van der Waals surface area contributed by atoms with Crippen LogP contribution in [0.3, 0.4) is 0 Å². The molecule has 12 atom stereocenters. The van der Waals surface area contributed by atoms with Gasteiger partial charge in [0, 0.05) is 46.0 Å². The van der Waals surface area contributed by atoms with Crippen molar-refractivity contribution in [2.24, 2.45) is 46.8 Å². The molecule has 0 bridgehead atoms. The number of benzene rings is 1. The molecule has 4 N–H and O–H groups in total. The predicted octanol–water partition coefficient (Wildman–Crippen LogP) is 8.80. The van der Waals surface area contributed by atoms with Crippen LogP contribution in [-0.2, 0) is 33.8 Å². The van der Waals surface area contributed by atoms with Crippen molar-refractivity contribution in [3.05, 3.63) is 77.7 Å². The van der Waals surface area contributed by atoms with Crippen LogP contribution in [0.15, 0.2) is 76.9 Å². The first-order valence-electron chi connectivity index (χ1n) is 20.8. The number of ether oxygens (including phenoxy) is 4. The molecular formula is C45H70N2O11S2. The Hall–Kier alpha value is -3.63. The molecule has 2 aromatic rings. The maximum absolute atomic E-state index is 13.3. The van der Waals surface area contributed by atoms with E-state index in [0.29, 0.717) is 29.9 Å². The number of methoxy groups -OCH3 is 1. The normalized spacial score (nSPS) is 37.1. The molecule has 338 valence electrons. The molecule has 1 aromatic carbocycles. The number of carboxylic acid groups (broad SMARTS) is 1. The predicted molar refractivity (Wildman–Crippen MR) is 236 cm³/mol. The number of aromatic nitrogens is 1. The quantitative estimate of drug-likeness (QED) is 0.154. The highest BCUT2D eigenvalue weighted by molar-refractivity contribution is 8.29. The van der Waals surface area contributed by atoms with Crippen molar-refractivity contribution < 1.29 is 55.7 Å². The molecule has 0 radical (unpaired) electrons. The topological polar surface area (TPSA) is 191 Å². The van der Waals surface area contributed by atoms with Crippen LogP contribution in [0.4, 0.5) is 4.79 Å². The number of carbonyl (C=O) groups is 3. The minimum absolute atomic E-state index is 0. The van der Waals surface area contributed by atoms with Crippen LogP contribution in [-0.4, -0.2) is 95.0 Å². The molecule has 6 aliphatic rings. The van der Waals surface area contributed by atoms with Gasteiger partial charge in [-0.05, 0) is 73.4 Å². The summed E-state index contributed by atoms with van der Waals surface area (Å²) in [5.74, 6) is 0.801. The zero-order chi connectivity index (χ0) is 44.5. The van der Waals surface area contributed by atoms with Gasteiger partial charge in [-0.2, -0.15) is 0 Å². The maximum Gasteiger partial charge on any atom is 0.418 e. The highest BCUT2D eigenvalue weighted by Crippen LogP contribution is 2.97. The first-order chi connectivity index (χ1) is 27.9. The summed E-state index contributed by atoms with van der Waals surface area (Å²) in [6.45, 7) is 19.2. The van der Waals surface area contributed by atoms with Gasteiger partial charge in [0.05, 0.1) is 15.9 Å². The smallest absolute Gasteiger partial charge is 0.418 e. The summed E-state index contributed by atoms with van der Waals surface area (Å²) in [7, 11) is -3.65. The van der Waals surface area contributed by atoms with E-state index < -0.39 is 38.1 Å². The zero-order valence-corrected chi connectivity index (χ0v) is 38.5. The van der Waals surface area contributed by atoms with Gasteiger partial charge in [-0.1, -0.05) is 97.7 Å². The van der Waals surface area contributed by atoms with Gasteiger partial charge in [0.2, 0.25) is 0 Å². The lowest BCUT2D eigenvalue weighted by atomic mass is 9.44. The number of rotatable bonds is 7. The lowest BCUT2D eigenvalue weighted by Crippen LogP contribution is -2.82. The van der Waals surface area contributed by atoms with Crippen LogP contribution < -0.4 is 4.72 Å². The maximum atomic E-state index is 13.3. The SMILES string of the molecule is CC(C)(C)S(C)(C)O.CC[C@@H]1[C@@H](C)[C@@H](OC(=O)c2ccc[nH]2)[C@]23C4=CC5C[C@H](OC)C(=O)O[C@H](C(C)C)[C@H](C)/C=C(\C)[C@]56OC12[C@@H]6C43.O=C(O)NS(=O)(=O)c1ccccc1.[HH].[HH].[HH].